The van der Waals surface area contributed by atoms with Crippen molar-refractivity contribution in [2.75, 3.05) is 0 Å². The highest BCUT2D eigenvalue weighted by Gasteiger charge is 2.46. The molecule has 0 aromatic carbocycles. The molecule has 1 fully saturated rings. The van der Waals surface area contributed by atoms with Gasteiger partial charge in [-0.3, -0.25) is 0 Å². The van der Waals surface area contributed by atoms with Crippen molar-refractivity contribution in [3.05, 3.63) is 0 Å². The van der Waals surface area contributed by atoms with E-state index in [2.05, 4.69) is 0 Å². The average molecular weight is 135 g/mol. The van der Waals surface area contributed by atoms with Crippen LogP contribution in [0.4, 0.5) is 8.78 Å². The van der Waals surface area contributed by atoms with E-state index in [0.717, 1.165) is 0 Å². The van der Waals surface area contributed by atoms with Crippen LogP contribution in [0.1, 0.15) is 19.8 Å². The molecule has 1 rings (SSSR count). The van der Waals surface area contributed by atoms with E-state index < -0.39 is 5.92 Å². The first kappa shape index (κ1) is 6.93. The van der Waals surface area contributed by atoms with Crippen molar-refractivity contribution in [2.24, 2.45) is 11.7 Å². The van der Waals surface area contributed by atoms with Crippen molar-refractivity contribution in [3.63, 3.8) is 0 Å². The normalized spacial score (nSPS) is 29.3. The Bertz CT molecular complexity index is 104. The molecule has 1 atom stereocenters. The summed E-state index contributed by atoms with van der Waals surface area (Å²) in [6.45, 7) is 1.78. The van der Waals surface area contributed by atoms with Gasteiger partial charge >= 0.3 is 0 Å². The smallest absolute Gasteiger partial charge is 0.248 e. The highest BCUT2D eigenvalue weighted by Crippen LogP contribution is 2.43. The molecule has 0 saturated heterocycles. The Morgan fingerprint density at radius 2 is 2.00 bits per heavy atom. The van der Waals surface area contributed by atoms with Crippen LogP contribution in [0.5, 0.6) is 0 Å². The third kappa shape index (κ3) is 1.39. The van der Waals surface area contributed by atoms with E-state index in [4.69, 9.17) is 5.73 Å². The number of halogens is 2. The van der Waals surface area contributed by atoms with Crippen LogP contribution in [0.3, 0.4) is 0 Å². The van der Waals surface area contributed by atoms with E-state index in [1.807, 2.05) is 0 Å². The van der Waals surface area contributed by atoms with Gasteiger partial charge in [0.2, 0.25) is 5.92 Å². The van der Waals surface area contributed by atoms with Crippen molar-refractivity contribution < 1.29 is 8.78 Å². The molecular formula is C6H11F2N. The van der Waals surface area contributed by atoms with Crippen LogP contribution < -0.4 is 5.73 Å². The number of hydrogen-bond donors (Lipinski definition) is 1. The molecule has 0 aromatic heterocycles. The van der Waals surface area contributed by atoms with E-state index in [9.17, 15) is 8.78 Å². The lowest BCUT2D eigenvalue weighted by Gasteiger charge is -2.37. The van der Waals surface area contributed by atoms with E-state index >= 15 is 0 Å². The van der Waals surface area contributed by atoms with Crippen molar-refractivity contribution in [2.45, 2.75) is 31.7 Å². The predicted molar refractivity (Wildman–Crippen MR) is 31.3 cm³/mol. The first-order valence-electron chi connectivity index (χ1n) is 3.15. The molecule has 1 saturated carbocycles. The minimum Gasteiger partial charge on any atom is -0.328 e. The van der Waals surface area contributed by atoms with Gasteiger partial charge in [0.15, 0.2) is 0 Å². The van der Waals surface area contributed by atoms with Gasteiger partial charge < -0.3 is 5.73 Å². The minimum absolute atomic E-state index is 0.00926. The second-order valence-electron chi connectivity index (χ2n) is 2.88. The van der Waals surface area contributed by atoms with Crippen molar-refractivity contribution in [3.8, 4) is 0 Å². The van der Waals surface area contributed by atoms with Crippen LogP contribution in [0.15, 0.2) is 0 Å². The van der Waals surface area contributed by atoms with Gasteiger partial charge in [-0.1, -0.05) is 0 Å². The van der Waals surface area contributed by atoms with E-state index in [0.29, 0.717) is 0 Å². The van der Waals surface area contributed by atoms with Gasteiger partial charge in [0, 0.05) is 18.9 Å². The molecule has 9 heavy (non-hydrogen) atoms. The van der Waals surface area contributed by atoms with Gasteiger partial charge in [0.1, 0.15) is 0 Å². The first-order chi connectivity index (χ1) is 4.01. The molecule has 0 aliphatic heterocycles. The summed E-state index contributed by atoms with van der Waals surface area (Å²) < 4.78 is 24.2. The summed E-state index contributed by atoms with van der Waals surface area (Å²) in [5.41, 5.74) is 5.39. The fraction of sp³-hybridized carbons (Fsp3) is 1.00. The molecule has 0 amide bonds. The Balaban J connectivity index is 2.27. The zero-order chi connectivity index (χ0) is 7.07. The Hall–Kier alpha value is -0.180. The lowest BCUT2D eigenvalue weighted by molar-refractivity contribution is -0.115. The summed E-state index contributed by atoms with van der Waals surface area (Å²) in [5.74, 6) is -2.35. The molecule has 0 aromatic rings. The molecule has 0 unspecified atom stereocenters. The Kier molecular flexibility index (Phi) is 1.47. The van der Waals surface area contributed by atoms with Crippen LogP contribution >= 0.6 is 0 Å². The highest BCUT2D eigenvalue weighted by molar-refractivity contribution is 4.89. The molecule has 0 spiro atoms. The predicted octanol–water partition coefficient (Wildman–Crippen LogP) is 1.38. The van der Waals surface area contributed by atoms with Gasteiger partial charge in [0.05, 0.1) is 0 Å². The summed E-state index contributed by atoms with van der Waals surface area (Å²) in [7, 11) is 0. The number of nitrogens with two attached hydrogens (primary N) is 1. The van der Waals surface area contributed by atoms with Gasteiger partial charge in [-0.05, 0) is 12.8 Å². The van der Waals surface area contributed by atoms with Crippen molar-refractivity contribution in [1.29, 1.82) is 0 Å². The third-order valence-corrected chi connectivity index (χ3v) is 1.87. The maximum Gasteiger partial charge on any atom is 0.248 e. The first-order valence-corrected chi connectivity index (χ1v) is 3.15. The van der Waals surface area contributed by atoms with Crippen LogP contribution in [0, 0.1) is 5.92 Å². The number of hydrogen-bond acceptors (Lipinski definition) is 1. The molecule has 0 heterocycles. The molecule has 1 nitrogen and oxygen atoms in total. The Morgan fingerprint density at radius 3 is 2.11 bits per heavy atom. The highest BCUT2D eigenvalue weighted by atomic mass is 19.3. The maximum absolute atomic E-state index is 12.1. The second kappa shape index (κ2) is 1.90. The minimum atomic E-state index is -2.40. The molecule has 3 heteroatoms. The third-order valence-electron chi connectivity index (χ3n) is 1.87. The van der Waals surface area contributed by atoms with Crippen LogP contribution in [-0.4, -0.2) is 12.0 Å². The SMILES string of the molecule is C[C@H](N)C1CC(F)(F)C1. The van der Waals surface area contributed by atoms with Crippen molar-refractivity contribution in [1.82, 2.24) is 0 Å². The van der Waals surface area contributed by atoms with Gasteiger partial charge in [-0.15, -0.1) is 0 Å². The standard InChI is InChI=1S/C6H11F2N/c1-4(9)5-2-6(7,8)3-5/h4-5H,2-3,9H2,1H3/t4-/m0/s1. The fourth-order valence-corrected chi connectivity index (χ4v) is 1.08. The molecule has 1 aliphatic rings. The summed E-state index contributed by atoms with van der Waals surface area (Å²) in [6.07, 6.45) is -0.0185. The van der Waals surface area contributed by atoms with Crippen LogP contribution in [0.2, 0.25) is 0 Å². The van der Waals surface area contributed by atoms with Crippen molar-refractivity contribution >= 4 is 0 Å². The molecule has 2 N–H and O–H groups in total. The average Bonchev–Trinajstić information content (AvgIpc) is 1.59. The maximum atomic E-state index is 12.1. The fourth-order valence-electron chi connectivity index (χ4n) is 1.08. The zero-order valence-corrected chi connectivity index (χ0v) is 5.40. The molecule has 0 bridgehead atoms. The lowest BCUT2D eigenvalue weighted by atomic mass is 9.77. The van der Waals surface area contributed by atoms with E-state index in [-0.39, 0.29) is 24.8 Å². The largest absolute Gasteiger partial charge is 0.328 e. The molecule has 1 aliphatic carbocycles. The summed E-state index contributed by atoms with van der Waals surface area (Å²) in [6, 6.07) is -0.0652. The number of alkyl halides is 2. The Morgan fingerprint density at radius 1 is 1.56 bits per heavy atom. The molecule has 54 valence electrons. The zero-order valence-electron chi connectivity index (χ0n) is 5.40. The van der Waals surface area contributed by atoms with Gasteiger partial charge in [-0.2, -0.15) is 0 Å². The summed E-state index contributed by atoms with van der Waals surface area (Å²) in [4.78, 5) is 0. The lowest BCUT2D eigenvalue weighted by Crippen LogP contribution is -2.44. The topological polar surface area (TPSA) is 26.0 Å². The Labute approximate surface area is 53.2 Å². The molecule has 0 radical (unpaired) electrons. The van der Waals surface area contributed by atoms with Gasteiger partial charge in [-0.25, -0.2) is 8.78 Å². The van der Waals surface area contributed by atoms with E-state index in [1.54, 1.807) is 6.92 Å². The summed E-state index contributed by atoms with van der Waals surface area (Å²) in [5, 5.41) is 0. The summed E-state index contributed by atoms with van der Waals surface area (Å²) >= 11 is 0. The van der Waals surface area contributed by atoms with E-state index in [1.165, 1.54) is 0 Å². The monoisotopic (exact) mass is 135 g/mol. The quantitative estimate of drug-likeness (QED) is 0.577. The van der Waals surface area contributed by atoms with Gasteiger partial charge in [0.25, 0.3) is 0 Å². The molecular weight excluding hydrogens is 124 g/mol. The second-order valence-corrected chi connectivity index (χ2v) is 2.88. The van der Waals surface area contributed by atoms with Crippen LogP contribution in [0.25, 0.3) is 0 Å². The number of rotatable bonds is 1. The van der Waals surface area contributed by atoms with Crippen LogP contribution in [-0.2, 0) is 0 Å².